The molecule has 2 N–H and O–H groups in total. The van der Waals surface area contributed by atoms with Crippen LogP contribution in [0.1, 0.15) is 30.3 Å². The minimum atomic E-state index is -0.909. The molecule has 1 aliphatic heterocycles. The second-order valence-corrected chi connectivity index (χ2v) is 4.94. The second kappa shape index (κ2) is 4.95. The average Bonchev–Trinajstić information content (AvgIpc) is 3.05. The summed E-state index contributed by atoms with van der Waals surface area (Å²) in [6.45, 7) is 2.25. The summed E-state index contributed by atoms with van der Waals surface area (Å²) in [5.74, 6) is -1.32. The van der Waals surface area contributed by atoms with Gasteiger partial charge >= 0.3 is 5.97 Å². The van der Waals surface area contributed by atoms with E-state index in [2.05, 4.69) is 4.98 Å². The number of carbonyl (C=O) groups is 2. The Morgan fingerprint density at radius 3 is 2.75 bits per heavy atom. The van der Waals surface area contributed by atoms with Crippen LogP contribution in [0.3, 0.4) is 0 Å². The van der Waals surface area contributed by atoms with Gasteiger partial charge in [-0.1, -0.05) is 6.92 Å². The lowest BCUT2D eigenvalue weighted by Crippen LogP contribution is -2.36. The van der Waals surface area contributed by atoms with Crippen LogP contribution < -0.4 is 0 Å². The van der Waals surface area contributed by atoms with Crippen LogP contribution in [-0.4, -0.2) is 44.9 Å². The Labute approximate surface area is 114 Å². The molecule has 1 saturated heterocycles. The van der Waals surface area contributed by atoms with Crippen molar-refractivity contribution in [1.29, 1.82) is 0 Å². The summed E-state index contributed by atoms with van der Waals surface area (Å²) in [6.07, 6.45) is 1.98. The summed E-state index contributed by atoms with van der Waals surface area (Å²) < 4.78 is 0. The van der Waals surface area contributed by atoms with Crippen molar-refractivity contribution in [3.8, 4) is 0 Å². The van der Waals surface area contributed by atoms with E-state index >= 15 is 0 Å². The topological polar surface area (TPSA) is 117 Å². The van der Waals surface area contributed by atoms with Crippen LogP contribution in [-0.2, 0) is 4.79 Å². The van der Waals surface area contributed by atoms with E-state index in [1.165, 1.54) is 4.90 Å². The Morgan fingerprint density at radius 2 is 2.30 bits per heavy atom. The van der Waals surface area contributed by atoms with Crippen molar-refractivity contribution < 1.29 is 19.6 Å². The zero-order valence-electron chi connectivity index (χ0n) is 11.0. The van der Waals surface area contributed by atoms with Crippen LogP contribution in [0.15, 0.2) is 12.3 Å². The number of likely N-dealkylation sites (tertiary alicyclic amines) is 1. The molecular formula is C12H15N3O5. The lowest BCUT2D eigenvalue weighted by Gasteiger charge is -2.22. The maximum Gasteiger partial charge on any atom is 0.311 e. The van der Waals surface area contributed by atoms with Gasteiger partial charge in [-0.25, -0.2) is 0 Å². The lowest BCUT2D eigenvalue weighted by molar-refractivity contribution is -0.384. The first-order chi connectivity index (χ1) is 9.39. The quantitative estimate of drug-likeness (QED) is 0.636. The largest absolute Gasteiger partial charge is 0.481 e. The third-order valence-corrected chi connectivity index (χ3v) is 3.88. The minimum absolute atomic E-state index is 0.106. The molecule has 8 nitrogen and oxygen atoms in total. The zero-order valence-corrected chi connectivity index (χ0v) is 11.0. The van der Waals surface area contributed by atoms with Crippen LogP contribution in [0.2, 0.25) is 0 Å². The number of hydrogen-bond donors (Lipinski definition) is 2. The highest BCUT2D eigenvalue weighted by molar-refractivity contribution is 5.94. The standard InChI is InChI=1S/C12H15N3O5/c1-2-12(11(17)18)3-4-14(7-12)10(16)9-5-8(6-13-9)15(19)20/h5-6,13H,2-4,7H2,1H3,(H,17,18). The van der Waals surface area contributed by atoms with E-state index in [0.717, 1.165) is 12.3 Å². The van der Waals surface area contributed by atoms with Gasteiger partial charge in [-0.15, -0.1) is 0 Å². The van der Waals surface area contributed by atoms with Crippen molar-refractivity contribution >= 4 is 17.6 Å². The Balaban J connectivity index is 2.15. The number of hydrogen-bond acceptors (Lipinski definition) is 4. The number of nitrogens with one attached hydrogen (secondary N) is 1. The maximum atomic E-state index is 12.2. The average molecular weight is 281 g/mol. The third-order valence-electron chi connectivity index (χ3n) is 3.88. The van der Waals surface area contributed by atoms with E-state index in [-0.39, 0.29) is 17.9 Å². The van der Waals surface area contributed by atoms with Gasteiger partial charge in [0.15, 0.2) is 0 Å². The van der Waals surface area contributed by atoms with Gasteiger partial charge in [0.1, 0.15) is 5.69 Å². The van der Waals surface area contributed by atoms with Gasteiger partial charge in [-0.05, 0) is 12.8 Å². The number of nitro groups is 1. The molecule has 1 aromatic heterocycles. The SMILES string of the molecule is CCC1(C(=O)O)CCN(C(=O)c2cc([N+](=O)[O-])c[nH]2)C1. The summed E-state index contributed by atoms with van der Waals surface area (Å²) in [6, 6.07) is 1.16. The molecule has 0 aliphatic carbocycles. The van der Waals surface area contributed by atoms with Gasteiger partial charge in [0, 0.05) is 19.2 Å². The van der Waals surface area contributed by atoms with E-state index in [1.807, 2.05) is 0 Å². The molecule has 0 aromatic carbocycles. The van der Waals surface area contributed by atoms with Crippen molar-refractivity contribution in [2.45, 2.75) is 19.8 Å². The number of carbonyl (C=O) groups excluding carboxylic acids is 1. The van der Waals surface area contributed by atoms with Crippen LogP contribution in [0, 0.1) is 15.5 Å². The number of nitrogens with zero attached hydrogens (tertiary/aromatic N) is 2. The van der Waals surface area contributed by atoms with Crippen LogP contribution in [0.25, 0.3) is 0 Å². The van der Waals surface area contributed by atoms with Crippen LogP contribution >= 0.6 is 0 Å². The molecule has 108 valence electrons. The van der Waals surface area contributed by atoms with Crippen molar-refractivity contribution in [2.24, 2.45) is 5.41 Å². The van der Waals surface area contributed by atoms with E-state index in [0.29, 0.717) is 19.4 Å². The van der Waals surface area contributed by atoms with E-state index in [4.69, 9.17) is 0 Å². The molecule has 0 saturated carbocycles. The van der Waals surface area contributed by atoms with Crippen molar-refractivity contribution in [3.63, 3.8) is 0 Å². The molecule has 1 atom stereocenters. The number of carboxylic acid groups (broad SMARTS) is 1. The van der Waals surface area contributed by atoms with Crippen LogP contribution in [0.4, 0.5) is 5.69 Å². The number of carboxylic acids is 1. The van der Waals surface area contributed by atoms with Crippen molar-refractivity contribution in [3.05, 3.63) is 28.1 Å². The molecule has 0 bridgehead atoms. The van der Waals surface area contributed by atoms with Crippen molar-refractivity contribution in [2.75, 3.05) is 13.1 Å². The monoisotopic (exact) mass is 281 g/mol. The summed E-state index contributed by atoms with van der Waals surface area (Å²) in [7, 11) is 0. The summed E-state index contributed by atoms with van der Waals surface area (Å²) in [5, 5.41) is 19.9. The Bertz CT molecular complexity index is 567. The Hall–Kier alpha value is -2.38. The van der Waals surface area contributed by atoms with Gasteiger partial charge in [-0.3, -0.25) is 19.7 Å². The van der Waals surface area contributed by atoms with Gasteiger partial charge in [0.25, 0.3) is 11.6 Å². The fraction of sp³-hybridized carbons (Fsp3) is 0.500. The first kappa shape index (κ1) is 14.0. The van der Waals surface area contributed by atoms with Gasteiger partial charge in [0.2, 0.25) is 0 Å². The number of rotatable bonds is 4. The highest BCUT2D eigenvalue weighted by Crippen LogP contribution is 2.34. The fourth-order valence-electron chi connectivity index (χ4n) is 2.44. The molecule has 0 radical (unpaired) electrons. The summed E-state index contributed by atoms with van der Waals surface area (Å²) >= 11 is 0. The van der Waals surface area contributed by atoms with E-state index in [1.54, 1.807) is 6.92 Å². The molecule has 2 heterocycles. The molecular weight excluding hydrogens is 266 g/mol. The fourth-order valence-corrected chi connectivity index (χ4v) is 2.44. The normalized spacial score (nSPS) is 21.9. The molecule has 1 amide bonds. The molecule has 8 heteroatoms. The minimum Gasteiger partial charge on any atom is -0.481 e. The summed E-state index contributed by atoms with van der Waals surface area (Å²) in [5.41, 5.74) is -0.990. The molecule has 1 aromatic rings. The molecule has 1 unspecified atom stereocenters. The molecule has 2 rings (SSSR count). The van der Waals surface area contributed by atoms with Gasteiger partial charge in [0.05, 0.1) is 16.5 Å². The predicted molar refractivity (Wildman–Crippen MR) is 68.3 cm³/mol. The number of aromatic amines is 1. The van der Waals surface area contributed by atoms with Gasteiger partial charge in [-0.2, -0.15) is 0 Å². The highest BCUT2D eigenvalue weighted by atomic mass is 16.6. The van der Waals surface area contributed by atoms with E-state index < -0.39 is 22.2 Å². The van der Waals surface area contributed by atoms with Gasteiger partial charge < -0.3 is 15.0 Å². The van der Waals surface area contributed by atoms with E-state index in [9.17, 15) is 24.8 Å². The highest BCUT2D eigenvalue weighted by Gasteiger charge is 2.45. The maximum absolute atomic E-state index is 12.2. The number of aliphatic carboxylic acids is 1. The predicted octanol–water partition coefficient (Wildman–Crippen LogP) is 1.25. The van der Waals surface area contributed by atoms with Crippen LogP contribution in [0.5, 0.6) is 0 Å². The lowest BCUT2D eigenvalue weighted by atomic mass is 9.84. The first-order valence-electron chi connectivity index (χ1n) is 6.25. The zero-order chi connectivity index (χ0) is 14.9. The molecule has 1 aliphatic rings. The Kier molecular flexibility index (Phi) is 3.47. The number of H-pyrrole nitrogens is 1. The smallest absolute Gasteiger partial charge is 0.311 e. The van der Waals surface area contributed by atoms with Crippen molar-refractivity contribution in [1.82, 2.24) is 9.88 Å². The number of aromatic nitrogens is 1. The summed E-state index contributed by atoms with van der Waals surface area (Å²) in [4.78, 5) is 37.5. The second-order valence-electron chi connectivity index (χ2n) is 4.94. The molecule has 1 fully saturated rings. The molecule has 0 spiro atoms. The number of amides is 1. The first-order valence-corrected chi connectivity index (χ1v) is 6.25. The molecule has 20 heavy (non-hydrogen) atoms. The Morgan fingerprint density at radius 1 is 1.60 bits per heavy atom. The third kappa shape index (κ3) is 2.24.